The minimum Gasteiger partial charge on any atom is -0.497 e. The summed E-state index contributed by atoms with van der Waals surface area (Å²) in [6.07, 6.45) is 2.53. The summed E-state index contributed by atoms with van der Waals surface area (Å²) in [5.41, 5.74) is 2.40. The Bertz CT molecular complexity index is 465. The van der Waals surface area contributed by atoms with Crippen molar-refractivity contribution in [3.8, 4) is 5.75 Å². The standard InChI is InChI=1S/C16H25N3O/c1-4-17-16(19-7-5-6-8-19)18-12-14-9-13(2)10-15(11-14)20-3/h9-11H,4-8,12H2,1-3H3,(H,17,18). The van der Waals surface area contributed by atoms with E-state index in [1.165, 1.54) is 24.0 Å². The number of hydrogen-bond donors (Lipinski definition) is 1. The number of likely N-dealkylation sites (tertiary alicyclic amines) is 1. The highest BCUT2D eigenvalue weighted by Gasteiger charge is 2.15. The van der Waals surface area contributed by atoms with E-state index in [1.807, 2.05) is 6.07 Å². The van der Waals surface area contributed by atoms with Crippen LogP contribution in [0, 0.1) is 6.92 Å². The largest absolute Gasteiger partial charge is 0.497 e. The van der Waals surface area contributed by atoms with Crippen LogP contribution in [0.2, 0.25) is 0 Å². The summed E-state index contributed by atoms with van der Waals surface area (Å²) in [5, 5.41) is 3.38. The second-order valence-corrected chi connectivity index (χ2v) is 5.22. The molecule has 1 aliphatic heterocycles. The third kappa shape index (κ3) is 3.89. The molecule has 1 aliphatic rings. The van der Waals surface area contributed by atoms with Crippen LogP contribution >= 0.6 is 0 Å². The van der Waals surface area contributed by atoms with Crippen LogP contribution in [0.4, 0.5) is 0 Å². The minimum atomic E-state index is 0.691. The zero-order chi connectivity index (χ0) is 14.4. The Morgan fingerprint density at radius 3 is 2.70 bits per heavy atom. The van der Waals surface area contributed by atoms with Gasteiger partial charge in [0.05, 0.1) is 13.7 Å². The second-order valence-electron chi connectivity index (χ2n) is 5.22. The SMILES string of the molecule is CCNC(=NCc1cc(C)cc(OC)c1)N1CCCC1. The average Bonchev–Trinajstić information content (AvgIpc) is 2.96. The molecule has 110 valence electrons. The van der Waals surface area contributed by atoms with Gasteiger partial charge in [-0.15, -0.1) is 0 Å². The van der Waals surface area contributed by atoms with E-state index < -0.39 is 0 Å². The molecule has 0 aliphatic carbocycles. The first-order chi connectivity index (χ1) is 9.72. The molecule has 0 radical (unpaired) electrons. The topological polar surface area (TPSA) is 36.9 Å². The van der Waals surface area contributed by atoms with Gasteiger partial charge in [-0.2, -0.15) is 0 Å². The smallest absolute Gasteiger partial charge is 0.194 e. The van der Waals surface area contributed by atoms with E-state index in [9.17, 15) is 0 Å². The number of nitrogens with one attached hydrogen (secondary N) is 1. The van der Waals surface area contributed by atoms with Crippen molar-refractivity contribution in [2.75, 3.05) is 26.7 Å². The molecule has 1 N–H and O–H groups in total. The molecule has 1 saturated heterocycles. The molecule has 0 spiro atoms. The lowest BCUT2D eigenvalue weighted by Gasteiger charge is -2.20. The van der Waals surface area contributed by atoms with E-state index >= 15 is 0 Å². The van der Waals surface area contributed by atoms with Gasteiger partial charge in [0.15, 0.2) is 5.96 Å². The Kier molecular flexibility index (Phi) is 5.27. The molecule has 4 heteroatoms. The van der Waals surface area contributed by atoms with Gasteiger partial charge in [0, 0.05) is 19.6 Å². The minimum absolute atomic E-state index is 0.691. The van der Waals surface area contributed by atoms with Crippen molar-refractivity contribution in [2.45, 2.75) is 33.2 Å². The molecule has 1 heterocycles. The number of guanidine groups is 1. The van der Waals surface area contributed by atoms with E-state index in [-0.39, 0.29) is 0 Å². The summed E-state index contributed by atoms with van der Waals surface area (Å²) in [6.45, 7) is 8.03. The predicted molar refractivity (Wildman–Crippen MR) is 83.4 cm³/mol. The van der Waals surface area contributed by atoms with Crippen LogP contribution < -0.4 is 10.1 Å². The summed E-state index contributed by atoms with van der Waals surface area (Å²) in [5.74, 6) is 1.94. The van der Waals surface area contributed by atoms with Gasteiger partial charge in [-0.3, -0.25) is 0 Å². The number of methoxy groups -OCH3 is 1. The Morgan fingerprint density at radius 2 is 2.05 bits per heavy atom. The van der Waals surface area contributed by atoms with Gasteiger partial charge in [0.25, 0.3) is 0 Å². The normalized spacial score (nSPS) is 15.6. The third-order valence-corrected chi connectivity index (χ3v) is 3.50. The molecule has 4 nitrogen and oxygen atoms in total. The Labute approximate surface area is 121 Å². The van der Waals surface area contributed by atoms with Crippen LogP contribution in [0.5, 0.6) is 5.75 Å². The van der Waals surface area contributed by atoms with E-state index in [4.69, 9.17) is 9.73 Å². The molecule has 0 unspecified atom stereocenters. The lowest BCUT2D eigenvalue weighted by atomic mass is 10.1. The summed E-state index contributed by atoms with van der Waals surface area (Å²) < 4.78 is 5.32. The monoisotopic (exact) mass is 275 g/mol. The number of benzene rings is 1. The molecule has 1 aromatic rings. The maximum atomic E-state index is 5.32. The molecular weight excluding hydrogens is 250 g/mol. The summed E-state index contributed by atoms with van der Waals surface area (Å²) >= 11 is 0. The Balaban J connectivity index is 2.09. The zero-order valence-corrected chi connectivity index (χ0v) is 12.8. The van der Waals surface area contributed by atoms with Gasteiger partial charge in [-0.1, -0.05) is 6.07 Å². The lowest BCUT2D eigenvalue weighted by molar-refractivity contribution is 0.414. The van der Waals surface area contributed by atoms with Crippen molar-refractivity contribution in [2.24, 2.45) is 4.99 Å². The fourth-order valence-corrected chi connectivity index (χ4v) is 2.55. The first-order valence-electron chi connectivity index (χ1n) is 7.40. The van der Waals surface area contributed by atoms with Crippen LogP contribution in [-0.4, -0.2) is 37.6 Å². The average molecular weight is 275 g/mol. The molecular formula is C16H25N3O. The number of aliphatic imine (C=N–C) groups is 1. The molecule has 0 atom stereocenters. The van der Waals surface area contributed by atoms with Crippen LogP contribution in [0.15, 0.2) is 23.2 Å². The van der Waals surface area contributed by atoms with Crippen molar-refractivity contribution in [3.63, 3.8) is 0 Å². The number of ether oxygens (including phenoxy) is 1. The molecule has 1 fully saturated rings. The van der Waals surface area contributed by atoms with Crippen molar-refractivity contribution in [1.29, 1.82) is 0 Å². The second kappa shape index (κ2) is 7.17. The first-order valence-corrected chi connectivity index (χ1v) is 7.40. The highest BCUT2D eigenvalue weighted by atomic mass is 16.5. The Morgan fingerprint density at radius 1 is 1.30 bits per heavy atom. The van der Waals surface area contributed by atoms with Crippen molar-refractivity contribution in [1.82, 2.24) is 10.2 Å². The van der Waals surface area contributed by atoms with Gasteiger partial charge in [-0.05, 0) is 49.9 Å². The number of rotatable bonds is 4. The molecule has 2 rings (SSSR count). The number of nitrogens with zero attached hydrogens (tertiary/aromatic N) is 2. The fourth-order valence-electron chi connectivity index (χ4n) is 2.55. The van der Waals surface area contributed by atoms with E-state index in [2.05, 4.69) is 36.2 Å². The van der Waals surface area contributed by atoms with Gasteiger partial charge >= 0.3 is 0 Å². The van der Waals surface area contributed by atoms with Crippen molar-refractivity contribution >= 4 is 5.96 Å². The van der Waals surface area contributed by atoms with E-state index in [1.54, 1.807) is 7.11 Å². The molecule has 1 aromatic carbocycles. The molecule has 0 aromatic heterocycles. The maximum Gasteiger partial charge on any atom is 0.194 e. The maximum absolute atomic E-state index is 5.32. The first kappa shape index (κ1) is 14.7. The summed E-state index contributed by atoms with van der Waals surface area (Å²) in [4.78, 5) is 7.10. The third-order valence-electron chi connectivity index (χ3n) is 3.50. The highest BCUT2D eigenvalue weighted by molar-refractivity contribution is 5.80. The summed E-state index contributed by atoms with van der Waals surface area (Å²) in [7, 11) is 1.70. The highest BCUT2D eigenvalue weighted by Crippen LogP contribution is 2.17. The Hall–Kier alpha value is -1.71. The molecule has 0 bridgehead atoms. The van der Waals surface area contributed by atoms with Gasteiger partial charge in [-0.25, -0.2) is 4.99 Å². The zero-order valence-electron chi connectivity index (χ0n) is 12.8. The van der Waals surface area contributed by atoms with Crippen LogP contribution in [-0.2, 0) is 6.54 Å². The molecule has 0 saturated carbocycles. The number of hydrogen-bond acceptors (Lipinski definition) is 2. The van der Waals surface area contributed by atoms with E-state index in [0.29, 0.717) is 6.54 Å². The quantitative estimate of drug-likeness (QED) is 0.678. The number of aryl methyl sites for hydroxylation is 1. The predicted octanol–water partition coefficient (Wildman–Crippen LogP) is 2.56. The van der Waals surface area contributed by atoms with Gasteiger partial charge in [0.2, 0.25) is 0 Å². The molecule has 0 amide bonds. The lowest BCUT2D eigenvalue weighted by Crippen LogP contribution is -2.39. The van der Waals surface area contributed by atoms with Crippen molar-refractivity contribution < 1.29 is 4.74 Å². The van der Waals surface area contributed by atoms with Crippen LogP contribution in [0.25, 0.3) is 0 Å². The van der Waals surface area contributed by atoms with Crippen LogP contribution in [0.1, 0.15) is 30.9 Å². The van der Waals surface area contributed by atoms with Gasteiger partial charge < -0.3 is 15.0 Å². The fraction of sp³-hybridized carbons (Fsp3) is 0.562. The van der Waals surface area contributed by atoms with Crippen LogP contribution in [0.3, 0.4) is 0 Å². The molecule has 20 heavy (non-hydrogen) atoms. The summed E-state index contributed by atoms with van der Waals surface area (Å²) in [6, 6.07) is 6.27. The van der Waals surface area contributed by atoms with E-state index in [0.717, 1.165) is 31.3 Å². The van der Waals surface area contributed by atoms with Gasteiger partial charge in [0.1, 0.15) is 5.75 Å². The van der Waals surface area contributed by atoms with Crippen molar-refractivity contribution in [3.05, 3.63) is 29.3 Å².